The third-order valence-corrected chi connectivity index (χ3v) is 6.75. The van der Waals surface area contributed by atoms with E-state index in [1.165, 1.54) is 30.0 Å². The topological polar surface area (TPSA) is 59.8 Å². The maximum Gasteiger partial charge on any atom is 0.416 e. The van der Waals surface area contributed by atoms with E-state index < -0.39 is 17.6 Å². The number of thioether (sulfide) groups is 1. The number of halogens is 6. The van der Waals surface area contributed by atoms with E-state index in [9.17, 15) is 18.0 Å². The average Bonchev–Trinajstić information content (AvgIpc) is 3.23. The van der Waals surface area contributed by atoms with Crippen LogP contribution in [-0.4, -0.2) is 20.7 Å². The zero-order valence-electron chi connectivity index (χ0n) is 18.2. The minimum atomic E-state index is -4.43. The number of rotatable bonds is 7. The van der Waals surface area contributed by atoms with E-state index in [1.54, 1.807) is 41.0 Å². The summed E-state index contributed by atoms with van der Waals surface area (Å²) in [6, 6.07) is 16.6. The van der Waals surface area contributed by atoms with Crippen LogP contribution in [0.4, 0.5) is 13.2 Å². The van der Waals surface area contributed by atoms with Crippen molar-refractivity contribution in [2.75, 3.05) is 0 Å². The Morgan fingerprint density at radius 1 is 0.944 bits per heavy atom. The smallest absolute Gasteiger partial charge is 0.345 e. The van der Waals surface area contributed by atoms with Crippen LogP contribution >= 0.6 is 46.6 Å². The zero-order valence-corrected chi connectivity index (χ0v) is 21.3. The Labute approximate surface area is 223 Å². The molecule has 0 spiro atoms. The highest BCUT2D eigenvalue weighted by atomic mass is 35.5. The molecule has 0 aliphatic carbocycles. The van der Waals surface area contributed by atoms with Crippen LogP contribution < -0.4 is 5.32 Å². The van der Waals surface area contributed by atoms with Crippen LogP contribution in [0, 0.1) is 0 Å². The summed E-state index contributed by atoms with van der Waals surface area (Å²) in [5.41, 5.74) is 0.630. The molecule has 0 atom stereocenters. The van der Waals surface area contributed by atoms with Gasteiger partial charge in [-0.25, -0.2) is 0 Å². The van der Waals surface area contributed by atoms with Gasteiger partial charge in [-0.3, -0.25) is 9.36 Å². The molecule has 0 radical (unpaired) electrons. The van der Waals surface area contributed by atoms with Crippen LogP contribution in [0.1, 0.15) is 27.3 Å². The minimum absolute atomic E-state index is 0.00141. The van der Waals surface area contributed by atoms with Crippen LogP contribution in [0.25, 0.3) is 5.69 Å². The van der Waals surface area contributed by atoms with E-state index in [0.29, 0.717) is 32.3 Å². The van der Waals surface area contributed by atoms with E-state index in [-0.39, 0.29) is 22.9 Å². The molecule has 0 aliphatic heterocycles. The number of aromatic nitrogens is 3. The van der Waals surface area contributed by atoms with Crippen molar-refractivity contribution >= 4 is 52.5 Å². The fraction of sp³-hybridized carbons (Fsp3) is 0.125. The normalized spacial score (nSPS) is 11.5. The molecule has 186 valence electrons. The summed E-state index contributed by atoms with van der Waals surface area (Å²) in [5.74, 6) is 0.174. The van der Waals surface area contributed by atoms with Crippen LogP contribution in [-0.2, 0) is 18.5 Å². The first-order valence-corrected chi connectivity index (χ1v) is 12.5. The Morgan fingerprint density at radius 2 is 1.69 bits per heavy atom. The predicted octanol–water partition coefficient (Wildman–Crippen LogP) is 7.47. The van der Waals surface area contributed by atoms with Crippen LogP contribution in [0.15, 0.2) is 71.9 Å². The second kappa shape index (κ2) is 11.1. The second-order valence-electron chi connectivity index (χ2n) is 7.51. The van der Waals surface area contributed by atoms with Crippen molar-refractivity contribution in [3.05, 3.63) is 104 Å². The van der Waals surface area contributed by atoms with Gasteiger partial charge in [0, 0.05) is 15.8 Å². The van der Waals surface area contributed by atoms with E-state index in [4.69, 9.17) is 34.8 Å². The molecule has 0 bridgehead atoms. The lowest BCUT2D eigenvalue weighted by Crippen LogP contribution is -2.25. The molecule has 12 heteroatoms. The van der Waals surface area contributed by atoms with Crippen molar-refractivity contribution in [1.82, 2.24) is 20.1 Å². The quantitative estimate of drug-likeness (QED) is 0.234. The Hall–Kier alpha value is -2.72. The third-order valence-electron chi connectivity index (χ3n) is 4.97. The molecule has 4 aromatic rings. The first-order valence-electron chi connectivity index (χ1n) is 10.3. The summed E-state index contributed by atoms with van der Waals surface area (Å²) >= 11 is 19.4. The van der Waals surface area contributed by atoms with Crippen LogP contribution in [0.2, 0.25) is 15.1 Å². The Morgan fingerprint density at radius 3 is 2.42 bits per heavy atom. The van der Waals surface area contributed by atoms with Crippen molar-refractivity contribution < 1.29 is 18.0 Å². The molecule has 0 saturated heterocycles. The minimum Gasteiger partial charge on any atom is -0.345 e. The summed E-state index contributed by atoms with van der Waals surface area (Å²) in [6.45, 7) is 0.00141. The van der Waals surface area contributed by atoms with Crippen molar-refractivity contribution in [2.24, 2.45) is 0 Å². The molecule has 1 amide bonds. The molecule has 3 aromatic carbocycles. The molecule has 1 aromatic heterocycles. The van der Waals surface area contributed by atoms with Gasteiger partial charge in [0.2, 0.25) is 0 Å². The summed E-state index contributed by atoms with van der Waals surface area (Å²) in [5, 5.41) is 12.6. The van der Waals surface area contributed by atoms with Crippen LogP contribution in [0.5, 0.6) is 0 Å². The number of benzene rings is 3. The van der Waals surface area contributed by atoms with Gasteiger partial charge in [0.1, 0.15) is 0 Å². The van der Waals surface area contributed by atoms with Gasteiger partial charge in [0.05, 0.1) is 28.4 Å². The summed E-state index contributed by atoms with van der Waals surface area (Å²) < 4.78 is 40.9. The standard InChI is InChI=1S/C24H16Cl3F3N4OS/c25-16-5-2-6-18(10-16)34-21(12-31-22(35)19-8-7-17(26)11-20(19)27)32-33-23(34)36-13-14-3-1-4-15(9-14)24(28,29)30/h1-11H,12-13H2,(H,31,35). The van der Waals surface area contributed by atoms with Gasteiger partial charge >= 0.3 is 6.18 Å². The number of alkyl halides is 3. The molecule has 36 heavy (non-hydrogen) atoms. The van der Waals surface area contributed by atoms with Gasteiger partial charge in [0.15, 0.2) is 11.0 Å². The fourth-order valence-corrected chi connectivity index (χ4v) is 4.89. The number of amides is 1. The van der Waals surface area contributed by atoms with Gasteiger partial charge in [-0.15, -0.1) is 10.2 Å². The predicted molar refractivity (Wildman–Crippen MR) is 135 cm³/mol. The number of hydrogen-bond acceptors (Lipinski definition) is 4. The zero-order chi connectivity index (χ0) is 25.9. The molecular weight excluding hydrogens is 556 g/mol. The van der Waals surface area contributed by atoms with E-state index in [1.807, 2.05) is 0 Å². The number of nitrogens with zero attached hydrogens (tertiary/aromatic N) is 3. The van der Waals surface area contributed by atoms with E-state index >= 15 is 0 Å². The SMILES string of the molecule is O=C(NCc1nnc(SCc2cccc(C(F)(F)F)c2)n1-c1cccc(Cl)c1)c1ccc(Cl)cc1Cl. The fourth-order valence-electron chi connectivity index (χ4n) is 3.30. The number of hydrogen-bond donors (Lipinski definition) is 1. The maximum absolute atomic E-state index is 13.1. The van der Waals surface area contributed by atoms with Crippen molar-refractivity contribution in [3.8, 4) is 5.69 Å². The summed E-state index contributed by atoms with van der Waals surface area (Å²) in [6.07, 6.45) is -4.43. The molecule has 0 aliphatic rings. The first-order chi connectivity index (χ1) is 17.1. The lowest BCUT2D eigenvalue weighted by molar-refractivity contribution is -0.137. The average molecular weight is 572 g/mol. The Kier molecular flexibility index (Phi) is 8.14. The van der Waals surface area contributed by atoms with Gasteiger partial charge in [-0.1, -0.05) is 70.8 Å². The van der Waals surface area contributed by atoms with Gasteiger partial charge in [0.25, 0.3) is 5.91 Å². The molecule has 1 N–H and O–H groups in total. The monoisotopic (exact) mass is 570 g/mol. The lowest BCUT2D eigenvalue weighted by Gasteiger charge is -2.12. The van der Waals surface area contributed by atoms with Crippen LogP contribution in [0.3, 0.4) is 0 Å². The van der Waals surface area contributed by atoms with Gasteiger partial charge in [-0.05, 0) is 48.0 Å². The second-order valence-corrected chi connectivity index (χ2v) is 9.73. The largest absolute Gasteiger partial charge is 0.416 e. The Balaban J connectivity index is 1.58. The molecule has 1 heterocycles. The Bertz CT molecular complexity index is 1410. The van der Waals surface area contributed by atoms with Crippen molar-refractivity contribution in [1.29, 1.82) is 0 Å². The van der Waals surface area contributed by atoms with Crippen molar-refractivity contribution in [2.45, 2.75) is 23.6 Å². The molecule has 0 saturated carbocycles. The number of carbonyl (C=O) groups excluding carboxylic acids is 1. The highest BCUT2D eigenvalue weighted by molar-refractivity contribution is 7.98. The van der Waals surface area contributed by atoms with Gasteiger partial charge in [-0.2, -0.15) is 13.2 Å². The highest BCUT2D eigenvalue weighted by Crippen LogP contribution is 2.32. The molecule has 0 fully saturated rings. The highest BCUT2D eigenvalue weighted by Gasteiger charge is 2.30. The first kappa shape index (κ1) is 26.3. The molecule has 0 unspecified atom stereocenters. The molecule has 4 rings (SSSR count). The van der Waals surface area contributed by atoms with E-state index in [2.05, 4.69) is 15.5 Å². The third kappa shape index (κ3) is 6.34. The van der Waals surface area contributed by atoms with E-state index in [0.717, 1.165) is 12.1 Å². The van der Waals surface area contributed by atoms with Gasteiger partial charge < -0.3 is 5.32 Å². The maximum atomic E-state index is 13.1. The summed E-state index contributed by atoms with van der Waals surface area (Å²) in [7, 11) is 0. The lowest BCUT2D eigenvalue weighted by atomic mass is 10.1. The summed E-state index contributed by atoms with van der Waals surface area (Å²) in [4.78, 5) is 12.7. The molecule has 5 nitrogen and oxygen atoms in total. The number of carbonyl (C=O) groups is 1. The number of nitrogens with one attached hydrogen (secondary N) is 1. The molecular formula is C24H16Cl3F3N4OS. The van der Waals surface area contributed by atoms with Crippen molar-refractivity contribution in [3.63, 3.8) is 0 Å².